The fourth-order valence-corrected chi connectivity index (χ4v) is 2.47. The molecule has 0 aromatic carbocycles. The summed E-state index contributed by atoms with van der Waals surface area (Å²) in [6, 6.07) is 0. The molecule has 136 valence electrons. The Labute approximate surface area is 143 Å². The molecule has 0 rings (SSSR count). The Morgan fingerprint density at radius 2 is 1.65 bits per heavy atom. The van der Waals surface area contributed by atoms with Gasteiger partial charge in [0.15, 0.2) is 0 Å². The van der Waals surface area contributed by atoms with Crippen molar-refractivity contribution < 1.29 is 9.90 Å². The number of amides is 1. The number of hydrogen-bond acceptors (Lipinski definition) is 3. The maximum atomic E-state index is 11.7. The predicted molar refractivity (Wildman–Crippen MR) is 98.3 cm³/mol. The molecule has 0 aromatic rings. The van der Waals surface area contributed by atoms with Crippen LogP contribution in [0.25, 0.3) is 0 Å². The molecule has 0 saturated carbocycles. The first-order chi connectivity index (χ1) is 11.2. The van der Waals surface area contributed by atoms with E-state index in [-0.39, 0.29) is 5.91 Å². The summed E-state index contributed by atoms with van der Waals surface area (Å²) in [6.45, 7) is 7.28. The SMILES string of the molecule is CC/C=C/CCC(=O)NCN(CC)CCCCCCCCCO. The van der Waals surface area contributed by atoms with Crippen LogP contribution in [0.5, 0.6) is 0 Å². The number of carbonyl (C=O) groups is 1. The van der Waals surface area contributed by atoms with Gasteiger partial charge in [0.2, 0.25) is 5.91 Å². The highest BCUT2D eigenvalue weighted by atomic mass is 16.2. The average Bonchev–Trinajstić information content (AvgIpc) is 2.56. The van der Waals surface area contributed by atoms with Crippen LogP contribution in [0.2, 0.25) is 0 Å². The van der Waals surface area contributed by atoms with Crippen LogP contribution >= 0.6 is 0 Å². The van der Waals surface area contributed by atoms with Gasteiger partial charge in [-0.25, -0.2) is 0 Å². The Bertz CT molecular complexity index is 293. The summed E-state index contributed by atoms with van der Waals surface area (Å²) in [5, 5.41) is 11.7. The minimum atomic E-state index is 0.146. The van der Waals surface area contributed by atoms with Gasteiger partial charge < -0.3 is 10.4 Å². The summed E-state index contributed by atoms with van der Waals surface area (Å²) in [7, 11) is 0. The van der Waals surface area contributed by atoms with Crippen molar-refractivity contribution in [2.24, 2.45) is 0 Å². The summed E-state index contributed by atoms with van der Waals surface area (Å²) >= 11 is 0. The largest absolute Gasteiger partial charge is 0.396 e. The number of aliphatic hydroxyl groups is 1. The first-order valence-electron chi connectivity index (χ1n) is 9.49. The highest BCUT2D eigenvalue weighted by Gasteiger charge is 2.04. The van der Waals surface area contributed by atoms with E-state index in [0.29, 0.717) is 19.7 Å². The Hall–Kier alpha value is -0.870. The van der Waals surface area contributed by atoms with E-state index >= 15 is 0 Å². The van der Waals surface area contributed by atoms with E-state index in [1.165, 1.54) is 32.1 Å². The predicted octanol–water partition coefficient (Wildman–Crippen LogP) is 3.85. The van der Waals surface area contributed by atoms with Crippen LogP contribution in [0.4, 0.5) is 0 Å². The molecule has 0 aliphatic heterocycles. The van der Waals surface area contributed by atoms with Crippen LogP contribution < -0.4 is 5.32 Å². The average molecular weight is 327 g/mol. The van der Waals surface area contributed by atoms with Gasteiger partial charge in [0.1, 0.15) is 0 Å². The van der Waals surface area contributed by atoms with Crippen LogP contribution in [0.1, 0.15) is 78.1 Å². The van der Waals surface area contributed by atoms with Crippen molar-refractivity contribution in [2.45, 2.75) is 78.1 Å². The number of carbonyl (C=O) groups excluding carboxylic acids is 1. The highest BCUT2D eigenvalue weighted by Crippen LogP contribution is 2.07. The third-order valence-electron chi connectivity index (χ3n) is 4.02. The third kappa shape index (κ3) is 15.8. The van der Waals surface area contributed by atoms with E-state index in [0.717, 1.165) is 38.8 Å². The van der Waals surface area contributed by atoms with Crippen molar-refractivity contribution in [3.05, 3.63) is 12.2 Å². The van der Waals surface area contributed by atoms with E-state index < -0.39 is 0 Å². The molecule has 0 saturated heterocycles. The number of unbranched alkanes of at least 4 members (excludes halogenated alkanes) is 6. The van der Waals surface area contributed by atoms with Crippen molar-refractivity contribution in [3.63, 3.8) is 0 Å². The van der Waals surface area contributed by atoms with Crippen molar-refractivity contribution in [1.29, 1.82) is 0 Å². The number of aliphatic hydroxyl groups excluding tert-OH is 1. The lowest BCUT2D eigenvalue weighted by molar-refractivity contribution is -0.121. The molecule has 0 radical (unpaired) electrons. The van der Waals surface area contributed by atoms with E-state index in [4.69, 9.17) is 5.11 Å². The van der Waals surface area contributed by atoms with Gasteiger partial charge in [0.25, 0.3) is 0 Å². The number of nitrogens with zero attached hydrogens (tertiary/aromatic N) is 1. The Balaban J connectivity index is 3.54. The van der Waals surface area contributed by atoms with Crippen molar-refractivity contribution >= 4 is 5.91 Å². The Kier molecular flexibility index (Phi) is 16.8. The summed E-state index contributed by atoms with van der Waals surface area (Å²) in [4.78, 5) is 14.0. The molecule has 2 N–H and O–H groups in total. The zero-order chi connectivity index (χ0) is 17.2. The third-order valence-corrected chi connectivity index (χ3v) is 4.02. The molecule has 23 heavy (non-hydrogen) atoms. The second kappa shape index (κ2) is 17.5. The second-order valence-electron chi connectivity index (χ2n) is 6.09. The molecule has 1 amide bonds. The number of allylic oxidation sites excluding steroid dienone is 2. The molecule has 0 unspecified atom stereocenters. The topological polar surface area (TPSA) is 52.6 Å². The smallest absolute Gasteiger partial charge is 0.221 e. The number of hydrogen-bond donors (Lipinski definition) is 2. The molecule has 0 aliphatic carbocycles. The maximum absolute atomic E-state index is 11.7. The molecular formula is C19H38N2O2. The lowest BCUT2D eigenvalue weighted by Gasteiger charge is -2.20. The second-order valence-corrected chi connectivity index (χ2v) is 6.09. The molecule has 0 bridgehead atoms. The van der Waals surface area contributed by atoms with E-state index in [1.54, 1.807) is 0 Å². The molecule has 0 atom stereocenters. The fourth-order valence-electron chi connectivity index (χ4n) is 2.47. The first kappa shape index (κ1) is 22.1. The molecule has 0 aliphatic rings. The van der Waals surface area contributed by atoms with Gasteiger partial charge >= 0.3 is 0 Å². The molecule has 4 heteroatoms. The summed E-state index contributed by atoms with van der Waals surface area (Å²) in [6.07, 6.45) is 15.0. The van der Waals surface area contributed by atoms with Crippen LogP contribution in [-0.2, 0) is 4.79 Å². The molecule has 0 spiro atoms. The van der Waals surface area contributed by atoms with E-state index in [2.05, 4.69) is 36.2 Å². The molecule has 0 heterocycles. The lowest BCUT2D eigenvalue weighted by atomic mass is 10.1. The number of rotatable bonds is 16. The highest BCUT2D eigenvalue weighted by molar-refractivity contribution is 5.75. The summed E-state index contributed by atoms with van der Waals surface area (Å²) in [5.74, 6) is 0.146. The normalized spacial score (nSPS) is 11.5. The van der Waals surface area contributed by atoms with Crippen LogP contribution in [0.15, 0.2) is 12.2 Å². The molecule has 0 aromatic heterocycles. The van der Waals surface area contributed by atoms with Crippen LogP contribution in [0, 0.1) is 0 Å². The Morgan fingerprint density at radius 1 is 1.00 bits per heavy atom. The van der Waals surface area contributed by atoms with Gasteiger partial charge in [0.05, 0.1) is 6.67 Å². The van der Waals surface area contributed by atoms with E-state index in [1.807, 2.05) is 0 Å². The lowest BCUT2D eigenvalue weighted by Crippen LogP contribution is -2.38. The summed E-state index contributed by atoms with van der Waals surface area (Å²) in [5.41, 5.74) is 0. The number of nitrogens with one attached hydrogen (secondary N) is 1. The van der Waals surface area contributed by atoms with Gasteiger partial charge in [-0.1, -0.05) is 58.1 Å². The summed E-state index contributed by atoms with van der Waals surface area (Å²) < 4.78 is 0. The minimum Gasteiger partial charge on any atom is -0.396 e. The van der Waals surface area contributed by atoms with Crippen LogP contribution in [0.3, 0.4) is 0 Å². The van der Waals surface area contributed by atoms with Crippen molar-refractivity contribution in [2.75, 3.05) is 26.4 Å². The molecular weight excluding hydrogens is 288 g/mol. The molecule has 0 fully saturated rings. The van der Waals surface area contributed by atoms with Gasteiger partial charge in [0, 0.05) is 13.0 Å². The molecule has 4 nitrogen and oxygen atoms in total. The van der Waals surface area contributed by atoms with Crippen molar-refractivity contribution in [3.8, 4) is 0 Å². The van der Waals surface area contributed by atoms with Gasteiger partial charge in [-0.05, 0) is 38.8 Å². The maximum Gasteiger partial charge on any atom is 0.221 e. The zero-order valence-electron chi connectivity index (χ0n) is 15.4. The van der Waals surface area contributed by atoms with E-state index in [9.17, 15) is 4.79 Å². The van der Waals surface area contributed by atoms with Gasteiger partial charge in [-0.3, -0.25) is 9.69 Å². The fraction of sp³-hybridized carbons (Fsp3) is 0.842. The Morgan fingerprint density at radius 3 is 2.26 bits per heavy atom. The van der Waals surface area contributed by atoms with Crippen LogP contribution in [-0.4, -0.2) is 42.3 Å². The monoisotopic (exact) mass is 326 g/mol. The minimum absolute atomic E-state index is 0.146. The van der Waals surface area contributed by atoms with Gasteiger partial charge in [-0.2, -0.15) is 0 Å². The zero-order valence-corrected chi connectivity index (χ0v) is 15.4. The van der Waals surface area contributed by atoms with Gasteiger partial charge in [-0.15, -0.1) is 0 Å². The standard InChI is InChI=1S/C19H38N2O2/c1-3-5-6-12-15-19(23)20-18-21(4-2)16-13-10-8-7-9-11-14-17-22/h5-6,22H,3-4,7-18H2,1-2H3,(H,20,23)/b6-5+. The first-order valence-corrected chi connectivity index (χ1v) is 9.49. The van der Waals surface area contributed by atoms with Crippen molar-refractivity contribution in [1.82, 2.24) is 10.2 Å². The quantitative estimate of drug-likeness (QED) is 0.257.